The summed E-state index contributed by atoms with van der Waals surface area (Å²) in [5.74, 6) is -0.267. The number of hydrogen-bond donors (Lipinski definition) is 5. The smallest absolute Gasteiger partial charge is 0.242 e. The van der Waals surface area contributed by atoms with Crippen LogP contribution in [0.25, 0.3) is 10.9 Å². The molecule has 7 nitrogen and oxygen atoms in total. The van der Waals surface area contributed by atoms with Crippen LogP contribution in [-0.4, -0.2) is 49.0 Å². The van der Waals surface area contributed by atoms with Crippen LogP contribution in [0.3, 0.4) is 0 Å². The molecule has 1 unspecified atom stereocenters. The SMILES string of the molecule is C.CCCCCCCCCCCCCCCCCCNCCC(=O)NC(Cc1c[nH]c2ccccc12)C(=O)NCCCN. The Balaban J connectivity index is 0.00000924. The van der Waals surface area contributed by atoms with Crippen molar-refractivity contribution in [3.05, 3.63) is 36.0 Å². The Morgan fingerprint density at radius 2 is 1.35 bits per heavy atom. The fourth-order valence-corrected chi connectivity index (χ4v) is 5.56. The zero-order valence-corrected chi connectivity index (χ0v) is 26.6. The highest BCUT2D eigenvalue weighted by molar-refractivity contribution is 5.89. The number of carbonyl (C=O) groups excluding carboxylic acids is 2. The van der Waals surface area contributed by atoms with Crippen molar-refractivity contribution in [1.29, 1.82) is 0 Å². The van der Waals surface area contributed by atoms with E-state index in [1.54, 1.807) is 0 Å². The molecule has 0 spiro atoms. The number of fused-ring (bicyclic) bond motifs is 1. The fraction of sp³-hybridized carbons (Fsp3) is 0.722. The van der Waals surface area contributed by atoms with Crippen molar-refractivity contribution in [1.82, 2.24) is 20.9 Å². The van der Waals surface area contributed by atoms with Crippen molar-refractivity contribution in [3.8, 4) is 0 Å². The first-order valence-corrected chi connectivity index (χ1v) is 17.2. The van der Waals surface area contributed by atoms with Gasteiger partial charge in [0.05, 0.1) is 0 Å². The van der Waals surface area contributed by atoms with E-state index in [2.05, 4.69) is 27.9 Å². The van der Waals surface area contributed by atoms with Gasteiger partial charge in [-0.2, -0.15) is 0 Å². The Morgan fingerprint density at radius 1 is 0.767 bits per heavy atom. The lowest BCUT2D eigenvalue weighted by molar-refractivity contribution is -0.128. The monoisotopic (exact) mass is 600 g/mol. The van der Waals surface area contributed by atoms with Gasteiger partial charge in [-0.25, -0.2) is 0 Å². The second kappa shape index (κ2) is 26.1. The van der Waals surface area contributed by atoms with Gasteiger partial charge in [0.1, 0.15) is 6.04 Å². The highest BCUT2D eigenvalue weighted by Gasteiger charge is 2.22. The third kappa shape index (κ3) is 18.1. The highest BCUT2D eigenvalue weighted by Crippen LogP contribution is 2.19. The summed E-state index contributed by atoms with van der Waals surface area (Å²) in [6, 6.07) is 7.40. The summed E-state index contributed by atoms with van der Waals surface area (Å²) in [5.41, 5.74) is 7.62. The van der Waals surface area contributed by atoms with Crippen LogP contribution in [-0.2, 0) is 16.0 Å². The first kappa shape index (κ1) is 38.6. The summed E-state index contributed by atoms with van der Waals surface area (Å²) >= 11 is 0. The minimum atomic E-state index is -0.616. The predicted molar refractivity (Wildman–Crippen MR) is 184 cm³/mol. The molecule has 1 heterocycles. The van der Waals surface area contributed by atoms with Crippen molar-refractivity contribution in [2.24, 2.45) is 5.73 Å². The zero-order chi connectivity index (χ0) is 30.1. The third-order valence-electron chi connectivity index (χ3n) is 8.17. The number of amides is 2. The lowest BCUT2D eigenvalue weighted by Gasteiger charge is -2.18. The highest BCUT2D eigenvalue weighted by atomic mass is 16.2. The van der Waals surface area contributed by atoms with Gasteiger partial charge >= 0.3 is 0 Å². The molecule has 0 fully saturated rings. The Labute approximate surface area is 263 Å². The molecule has 0 aliphatic rings. The summed E-state index contributed by atoms with van der Waals surface area (Å²) < 4.78 is 0. The molecule has 2 aromatic rings. The van der Waals surface area contributed by atoms with Crippen LogP contribution >= 0.6 is 0 Å². The van der Waals surface area contributed by atoms with E-state index in [4.69, 9.17) is 5.73 Å². The summed E-state index contributed by atoms with van der Waals surface area (Å²) in [7, 11) is 0. The normalized spacial score (nSPS) is 11.8. The van der Waals surface area contributed by atoms with E-state index in [0.717, 1.165) is 29.4 Å². The second-order valence-electron chi connectivity index (χ2n) is 11.9. The topological polar surface area (TPSA) is 112 Å². The zero-order valence-electron chi connectivity index (χ0n) is 26.6. The molecule has 0 aliphatic heterocycles. The average molecular weight is 600 g/mol. The van der Waals surface area contributed by atoms with E-state index >= 15 is 0 Å². The molecule has 1 atom stereocenters. The van der Waals surface area contributed by atoms with Gasteiger partial charge in [0.15, 0.2) is 0 Å². The van der Waals surface area contributed by atoms with Crippen LogP contribution in [0.5, 0.6) is 0 Å². The minimum absolute atomic E-state index is 0. The van der Waals surface area contributed by atoms with Gasteiger partial charge in [0.25, 0.3) is 0 Å². The van der Waals surface area contributed by atoms with E-state index in [9.17, 15) is 9.59 Å². The molecule has 0 saturated heterocycles. The predicted octanol–water partition coefficient (Wildman–Crippen LogP) is 7.54. The number of rotatable bonds is 27. The number of nitrogens with two attached hydrogens (primary N) is 1. The van der Waals surface area contributed by atoms with E-state index in [1.165, 1.54) is 96.3 Å². The molecular formula is C36H65N5O2. The lowest BCUT2D eigenvalue weighted by Crippen LogP contribution is -2.48. The van der Waals surface area contributed by atoms with Gasteiger partial charge in [-0.3, -0.25) is 9.59 Å². The maximum absolute atomic E-state index is 12.9. The quantitative estimate of drug-likeness (QED) is 0.0683. The van der Waals surface area contributed by atoms with Crippen LogP contribution in [0.2, 0.25) is 0 Å². The van der Waals surface area contributed by atoms with Crippen LogP contribution in [0.15, 0.2) is 30.5 Å². The van der Waals surface area contributed by atoms with Gasteiger partial charge in [0.2, 0.25) is 11.8 Å². The van der Waals surface area contributed by atoms with Gasteiger partial charge in [-0.05, 0) is 37.6 Å². The van der Waals surface area contributed by atoms with Crippen LogP contribution in [0, 0.1) is 0 Å². The molecular weight excluding hydrogens is 534 g/mol. The average Bonchev–Trinajstić information content (AvgIpc) is 3.40. The molecule has 43 heavy (non-hydrogen) atoms. The molecule has 1 aromatic heterocycles. The molecule has 2 amide bonds. The summed E-state index contributed by atoms with van der Waals surface area (Å²) in [6.07, 6.45) is 25.3. The van der Waals surface area contributed by atoms with Crippen molar-refractivity contribution < 1.29 is 9.59 Å². The first-order chi connectivity index (χ1) is 20.7. The van der Waals surface area contributed by atoms with Crippen molar-refractivity contribution in [2.45, 2.75) is 142 Å². The van der Waals surface area contributed by atoms with Crippen LogP contribution in [0.4, 0.5) is 0 Å². The maximum Gasteiger partial charge on any atom is 0.242 e. The number of H-pyrrole nitrogens is 1. The second-order valence-corrected chi connectivity index (χ2v) is 11.9. The minimum Gasteiger partial charge on any atom is -0.361 e. The third-order valence-corrected chi connectivity index (χ3v) is 8.17. The Kier molecular flexibility index (Phi) is 23.4. The largest absolute Gasteiger partial charge is 0.361 e. The van der Waals surface area contributed by atoms with Gasteiger partial charge < -0.3 is 26.7 Å². The van der Waals surface area contributed by atoms with Crippen LogP contribution in [0.1, 0.15) is 135 Å². The molecule has 1 aromatic carbocycles. The van der Waals surface area contributed by atoms with Gasteiger partial charge in [-0.1, -0.05) is 129 Å². The number of carbonyl (C=O) groups is 2. The molecule has 2 rings (SSSR count). The van der Waals surface area contributed by atoms with E-state index in [0.29, 0.717) is 38.9 Å². The van der Waals surface area contributed by atoms with Crippen molar-refractivity contribution >= 4 is 22.7 Å². The fourth-order valence-electron chi connectivity index (χ4n) is 5.56. The van der Waals surface area contributed by atoms with Crippen molar-refractivity contribution in [2.75, 3.05) is 26.2 Å². The van der Waals surface area contributed by atoms with Crippen molar-refractivity contribution in [3.63, 3.8) is 0 Å². The molecule has 0 bridgehead atoms. The molecule has 0 aliphatic carbocycles. The standard InChI is InChI=1S/C35H61N5O2.CH4/c1-2-3-4-5-6-7-8-9-10-11-12-13-14-15-16-19-25-37-27-23-34(41)40-33(35(42)38-26-20-24-36)28-30-29-39-32-22-18-17-21-31(30)32;/h17-18,21-22,29,33,37,39H,2-16,19-20,23-28,36H2,1H3,(H,38,42)(H,40,41);1H4. The molecule has 0 saturated carbocycles. The Hall–Kier alpha value is -2.38. The van der Waals surface area contributed by atoms with E-state index in [-0.39, 0.29) is 19.2 Å². The molecule has 0 radical (unpaired) electrons. The number of unbranched alkanes of at least 4 members (excludes halogenated alkanes) is 15. The summed E-state index contributed by atoms with van der Waals surface area (Å²) in [6.45, 7) is 4.87. The first-order valence-electron chi connectivity index (χ1n) is 17.2. The maximum atomic E-state index is 12.9. The molecule has 7 heteroatoms. The summed E-state index contributed by atoms with van der Waals surface area (Å²) in [5, 5.41) is 10.4. The van der Waals surface area contributed by atoms with Gasteiger partial charge in [0, 0.05) is 43.0 Å². The number of hydrogen-bond acceptors (Lipinski definition) is 4. The lowest BCUT2D eigenvalue weighted by atomic mass is 10.0. The Bertz CT molecular complexity index is 960. The number of benzene rings is 1. The Morgan fingerprint density at radius 3 is 1.95 bits per heavy atom. The molecule has 246 valence electrons. The van der Waals surface area contributed by atoms with E-state index in [1.807, 2.05) is 30.5 Å². The number of para-hydroxylation sites is 1. The summed E-state index contributed by atoms with van der Waals surface area (Å²) in [4.78, 5) is 28.8. The van der Waals surface area contributed by atoms with Gasteiger partial charge in [-0.15, -0.1) is 0 Å². The van der Waals surface area contributed by atoms with E-state index < -0.39 is 6.04 Å². The number of nitrogens with one attached hydrogen (secondary N) is 4. The number of aromatic amines is 1. The number of aromatic nitrogens is 1. The molecule has 6 N–H and O–H groups in total. The van der Waals surface area contributed by atoms with Crippen LogP contribution < -0.4 is 21.7 Å².